The largest absolute Gasteiger partial charge is 0.493 e. The maximum Gasteiger partial charge on any atom is 0.121 e. The highest BCUT2D eigenvalue weighted by molar-refractivity contribution is 5.99. The van der Waals surface area contributed by atoms with E-state index in [0.29, 0.717) is 0 Å². The molecule has 5 heterocycles. The zero-order valence-corrected chi connectivity index (χ0v) is 18.9. The number of pyridine rings is 2. The quantitative estimate of drug-likeness (QED) is 0.381. The molecule has 0 bridgehead atoms. The average Bonchev–Trinajstić information content (AvgIpc) is 3.60. The molecule has 0 radical (unpaired) electrons. The van der Waals surface area contributed by atoms with Crippen LogP contribution in [-0.2, 0) is 13.0 Å². The third kappa shape index (κ3) is 4.00. The predicted molar refractivity (Wildman–Crippen MR) is 130 cm³/mol. The minimum atomic E-state index is 0.739. The van der Waals surface area contributed by atoms with E-state index in [0.717, 1.165) is 67.0 Å². The molecule has 1 saturated heterocycles. The van der Waals surface area contributed by atoms with E-state index in [1.807, 2.05) is 30.6 Å². The Labute approximate surface area is 194 Å². The number of fused-ring (bicyclic) bond motifs is 2. The van der Waals surface area contributed by atoms with E-state index in [-0.39, 0.29) is 0 Å². The summed E-state index contributed by atoms with van der Waals surface area (Å²) in [7, 11) is 0. The number of nitrogens with zero attached hydrogens (tertiary/aromatic N) is 5. The average molecular weight is 440 g/mol. The van der Waals surface area contributed by atoms with E-state index in [1.165, 1.54) is 42.8 Å². The monoisotopic (exact) mass is 439 g/mol. The number of aromatic nitrogens is 4. The summed E-state index contributed by atoms with van der Waals surface area (Å²) in [6.45, 7) is 5.30. The van der Waals surface area contributed by atoms with Gasteiger partial charge in [0.1, 0.15) is 11.4 Å². The minimum Gasteiger partial charge on any atom is -0.493 e. The molecule has 0 atom stereocenters. The van der Waals surface area contributed by atoms with E-state index in [1.54, 1.807) is 0 Å². The van der Waals surface area contributed by atoms with Crippen molar-refractivity contribution in [1.29, 1.82) is 0 Å². The van der Waals surface area contributed by atoms with Crippen molar-refractivity contribution in [2.24, 2.45) is 0 Å². The summed E-state index contributed by atoms with van der Waals surface area (Å²) in [4.78, 5) is 11.8. The molecule has 2 aliphatic heterocycles. The number of hydrogen-bond donors (Lipinski definition) is 0. The third-order valence-electron chi connectivity index (χ3n) is 6.82. The van der Waals surface area contributed by atoms with Gasteiger partial charge in [0.25, 0.3) is 0 Å². The van der Waals surface area contributed by atoms with Gasteiger partial charge in [0.2, 0.25) is 0 Å². The fourth-order valence-electron chi connectivity index (χ4n) is 5.22. The predicted octanol–water partition coefficient (Wildman–Crippen LogP) is 4.97. The van der Waals surface area contributed by atoms with Gasteiger partial charge in [-0.3, -0.25) is 14.6 Å². The molecule has 33 heavy (non-hydrogen) atoms. The van der Waals surface area contributed by atoms with Gasteiger partial charge < -0.3 is 9.64 Å². The van der Waals surface area contributed by atoms with E-state index in [4.69, 9.17) is 9.84 Å². The van der Waals surface area contributed by atoms with Crippen molar-refractivity contribution in [1.82, 2.24) is 24.6 Å². The fourth-order valence-corrected chi connectivity index (χ4v) is 5.22. The summed E-state index contributed by atoms with van der Waals surface area (Å²) in [6.07, 6.45) is 9.64. The van der Waals surface area contributed by atoms with Crippen LogP contribution in [0, 0.1) is 0 Å². The van der Waals surface area contributed by atoms with Crippen molar-refractivity contribution in [3.63, 3.8) is 0 Å². The van der Waals surface area contributed by atoms with E-state index < -0.39 is 0 Å². The molecule has 3 aromatic heterocycles. The summed E-state index contributed by atoms with van der Waals surface area (Å²) in [5.41, 5.74) is 6.49. The lowest BCUT2D eigenvalue weighted by Gasteiger charge is -2.14. The first-order chi connectivity index (χ1) is 16.4. The van der Waals surface area contributed by atoms with Crippen LogP contribution in [0.2, 0.25) is 0 Å². The summed E-state index contributed by atoms with van der Waals surface area (Å²) in [6, 6.07) is 14.4. The smallest absolute Gasteiger partial charge is 0.121 e. The number of ether oxygens (including phenoxy) is 1. The second-order valence-electron chi connectivity index (χ2n) is 9.00. The van der Waals surface area contributed by atoms with Crippen molar-refractivity contribution in [2.45, 2.75) is 38.6 Å². The topological polar surface area (TPSA) is 56.1 Å². The van der Waals surface area contributed by atoms with Gasteiger partial charge in [0.05, 0.1) is 17.8 Å². The summed E-state index contributed by atoms with van der Waals surface area (Å²) in [5, 5.41) is 6.08. The molecular formula is C27H29N5O. The Balaban J connectivity index is 1.30. The van der Waals surface area contributed by atoms with Crippen molar-refractivity contribution < 1.29 is 4.74 Å². The number of rotatable bonds is 7. The first-order valence-corrected chi connectivity index (χ1v) is 12.1. The Hall–Kier alpha value is -3.25. The molecule has 4 aromatic rings. The molecular weight excluding hydrogens is 410 g/mol. The molecule has 0 amide bonds. The lowest BCUT2D eigenvalue weighted by molar-refractivity contribution is 0.263. The molecule has 2 aliphatic rings. The molecule has 0 unspecified atom stereocenters. The van der Waals surface area contributed by atoms with E-state index in [2.05, 4.69) is 43.8 Å². The Kier molecular flexibility index (Phi) is 5.52. The molecule has 6 rings (SSSR count). The molecule has 6 nitrogen and oxygen atoms in total. The SMILES string of the molecule is c1ccc(-c2nn3c(c2-c2ccnc4cc(OCCCN5CCCC5)ccc24)CCC3)nc1. The van der Waals surface area contributed by atoms with Crippen molar-refractivity contribution in [3.05, 3.63) is 60.6 Å². The van der Waals surface area contributed by atoms with Crippen LogP contribution in [0.4, 0.5) is 0 Å². The first-order valence-electron chi connectivity index (χ1n) is 12.1. The molecule has 0 aliphatic carbocycles. The van der Waals surface area contributed by atoms with Crippen LogP contribution in [0.25, 0.3) is 33.4 Å². The maximum absolute atomic E-state index is 6.08. The molecule has 168 valence electrons. The molecule has 6 heteroatoms. The normalized spacial score (nSPS) is 15.9. The third-order valence-corrected chi connectivity index (χ3v) is 6.82. The van der Waals surface area contributed by atoms with Gasteiger partial charge in [-0.15, -0.1) is 0 Å². The zero-order chi connectivity index (χ0) is 22.0. The van der Waals surface area contributed by atoms with Crippen LogP contribution in [0.1, 0.15) is 31.4 Å². The molecule has 0 saturated carbocycles. The van der Waals surface area contributed by atoms with Crippen LogP contribution < -0.4 is 4.74 Å². The second kappa shape index (κ2) is 8.94. The molecule has 0 spiro atoms. The molecule has 0 N–H and O–H groups in total. The highest BCUT2D eigenvalue weighted by Crippen LogP contribution is 2.40. The molecule has 1 fully saturated rings. The van der Waals surface area contributed by atoms with E-state index in [9.17, 15) is 0 Å². The van der Waals surface area contributed by atoms with Crippen LogP contribution in [0.5, 0.6) is 5.75 Å². The first kappa shape index (κ1) is 20.4. The van der Waals surface area contributed by atoms with Gasteiger partial charge >= 0.3 is 0 Å². The second-order valence-corrected chi connectivity index (χ2v) is 9.00. The van der Waals surface area contributed by atoms with Gasteiger partial charge in [-0.05, 0) is 81.1 Å². The highest BCUT2D eigenvalue weighted by Gasteiger charge is 2.25. The van der Waals surface area contributed by atoms with Crippen molar-refractivity contribution in [2.75, 3.05) is 26.2 Å². The fraction of sp³-hybridized carbons (Fsp3) is 0.370. The van der Waals surface area contributed by atoms with Crippen LogP contribution >= 0.6 is 0 Å². The number of hydrogen-bond acceptors (Lipinski definition) is 5. The van der Waals surface area contributed by atoms with Gasteiger partial charge in [0.15, 0.2) is 0 Å². The van der Waals surface area contributed by atoms with Gasteiger partial charge in [-0.2, -0.15) is 5.10 Å². The Bertz CT molecular complexity index is 1260. The number of likely N-dealkylation sites (tertiary alicyclic amines) is 1. The number of aryl methyl sites for hydroxylation is 1. The Morgan fingerprint density at radius 3 is 2.73 bits per heavy atom. The zero-order valence-electron chi connectivity index (χ0n) is 18.9. The summed E-state index contributed by atoms with van der Waals surface area (Å²) < 4.78 is 8.23. The summed E-state index contributed by atoms with van der Waals surface area (Å²) in [5.74, 6) is 0.888. The lowest BCUT2D eigenvalue weighted by atomic mass is 9.96. The minimum absolute atomic E-state index is 0.739. The highest BCUT2D eigenvalue weighted by atomic mass is 16.5. The van der Waals surface area contributed by atoms with Crippen LogP contribution in [0.3, 0.4) is 0 Å². The van der Waals surface area contributed by atoms with Gasteiger partial charge in [-0.25, -0.2) is 0 Å². The summed E-state index contributed by atoms with van der Waals surface area (Å²) >= 11 is 0. The van der Waals surface area contributed by atoms with Crippen LogP contribution in [0.15, 0.2) is 54.9 Å². The van der Waals surface area contributed by atoms with Gasteiger partial charge in [0, 0.05) is 48.2 Å². The molecule has 1 aromatic carbocycles. The van der Waals surface area contributed by atoms with Crippen LogP contribution in [-0.4, -0.2) is 50.9 Å². The van der Waals surface area contributed by atoms with E-state index >= 15 is 0 Å². The Morgan fingerprint density at radius 2 is 1.85 bits per heavy atom. The standard InChI is InChI=1S/C27H29N5O/c1-2-12-28-23(7-1)27-26(25-8-5-17-32(25)30-27)22-11-13-29-24-19-20(9-10-21(22)24)33-18-6-16-31-14-3-4-15-31/h1-2,7,9-13,19H,3-6,8,14-18H2. The van der Waals surface area contributed by atoms with Crippen molar-refractivity contribution in [3.8, 4) is 28.3 Å². The maximum atomic E-state index is 6.08. The number of benzene rings is 1. The lowest BCUT2D eigenvalue weighted by Crippen LogP contribution is -2.21. The Morgan fingerprint density at radius 1 is 0.909 bits per heavy atom. The van der Waals surface area contributed by atoms with Gasteiger partial charge in [-0.1, -0.05) is 6.07 Å². The van der Waals surface area contributed by atoms with Crippen molar-refractivity contribution >= 4 is 10.9 Å².